The van der Waals surface area contributed by atoms with Crippen LogP contribution in [0.3, 0.4) is 0 Å². The molecule has 0 saturated carbocycles. The van der Waals surface area contributed by atoms with Gasteiger partial charge in [0, 0.05) is 7.79 Å². The van der Waals surface area contributed by atoms with Crippen molar-refractivity contribution >= 4 is 29.9 Å². The van der Waals surface area contributed by atoms with Gasteiger partial charge in [0.05, 0.1) is 10.6 Å². The van der Waals surface area contributed by atoms with Crippen LogP contribution in [-0.2, 0) is 19.4 Å². The van der Waals surface area contributed by atoms with Crippen LogP contribution in [0, 0.1) is 0 Å². The van der Waals surface area contributed by atoms with Gasteiger partial charge in [0.1, 0.15) is 6.10 Å². The summed E-state index contributed by atoms with van der Waals surface area (Å²) < 4.78 is 36.8. The van der Waals surface area contributed by atoms with Gasteiger partial charge in [-0.15, -0.1) is 0 Å². The van der Waals surface area contributed by atoms with Crippen molar-refractivity contribution in [3.05, 3.63) is 30.3 Å². The lowest BCUT2D eigenvalue weighted by Gasteiger charge is -2.20. The Bertz CT molecular complexity index is 654. The van der Waals surface area contributed by atoms with Crippen molar-refractivity contribution < 1.29 is 29.2 Å². The van der Waals surface area contributed by atoms with Gasteiger partial charge in [0.2, 0.25) is 7.98 Å². The molecule has 0 aliphatic heterocycles. The Morgan fingerprint density at radius 2 is 2.04 bits per heavy atom. The van der Waals surface area contributed by atoms with E-state index in [9.17, 15) is 18.0 Å². The van der Waals surface area contributed by atoms with Crippen molar-refractivity contribution in [3.63, 3.8) is 0 Å². The molecule has 1 rings (SSSR count). The average molecular weight is 340 g/mol. The highest BCUT2D eigenvalue weighted by atomic mass is 32.2. The predicted molar refractivity (Wildman–Crippen MR) is 83.8 cm³/mol. The van der Waals surface area contributed by atoms with Gasteiger partial charge in [-0.1, -0.05) is 18.2 Å². The number of ether oxygens (including phenoxy) is 1. The van der Waals surface area contributed by atoms with E-state index < -0.39 is 40.8 Å². The monoisotopic (exact) mass is 340 g/mol. The van der Waals surface area contributed by atoms with E-state index in [0.29, 0.717) is 4.81 Å². The Balaban J connectivity index is 2.83. The lowest BCUT2D eigenvalue weighted by molar-refractivity contribution is -0.137. The molecular formula is C14H18BNO6S. The molecule has 0 aliphatic carbocycles. The second kappa shape index (κ2) is 8.57. The minimum absolute atomic E-state index is 0.0515. The van der Waals surface area contributed by atoms with E-state index in [-0.39, 0.29) is 24.2 Å². The number of carboxylic acids is 1. The molecule has 0 fully saturated rings. The van der Waals surface area contributed by atoms with E-state index in [0.717, 1.165) is 0 Å². The molecule has 0 heterocycles. The van der Waals surface area contributed by atoms with Crippen LogP contribution in [0.2, 0.25) is 0 Å². The first-order chi connectivity index (χ1) is 11.3. The van der Waals surface area contributed by atoms with Gasteiger partial charge in [-0.3, -0.25) is 4.79 Å². The molecular weight excluding hydrogens is 321 g/mol. The van der Waals surface area contributed by atoms with Crippen LogP contribution in [-0.4, -0.2) is 57.3 Å². The molecule has 23 heavy (non-hydrogen) atoms. The molecule has 1 amide bonds. The number of benzene rings is 1. The molecule has 0 spiro atoms. The Labute approximate surface area is 138 Å². The molecule has 0 saturated heterocycles. The molecule has 1 atom stereocenters. The Morgan fingerprint density at radius 1 is 1.39 bits per heavy atom. The molecule has 0 bridgehead atoms. The number of carbonyl (C=O) groups is 2. The summed E-state index contributed by atoms with van der Waals surface area (Å²) in [7, 11) is 0.976. The van der Waals surface area contributed by atoms with Crippen molar-refractivity contribution in [3.8, 4) is 0 Å². The summed E-state index contributed by atoms with van der Waals surface area (Å²) >= 11 is 0. The van der Waals surface area contributed by atoms with E-state index in [1.54, 1.807) is 18.2 Å². The van der Waals surface area contributed by atoms with Gasteiger partial charge in [-0.25, -0.2) is 13.2 Å². The van der Waals surface area contributed by atoms with Crippen LogP contribution < -0.4 is 0 Å². The predicted octanol–water partition coefficient (Wildman–Crippen LogP) is 1.24. The molecule has 1 aromatic carbocycles. The highest BCUT2D eigenvalue weighted by Crippen LogP contribution is 2.16. The number of nitrogens with zero attached hydrogens (tertiary/aromatic N) is 1. The third kappa shape index (κ3) is 6.73. The topological polar surface area (TPSA) is 101 Å². The summed E-state index contributed by atoms with van der Waals surface area (Å²) in [5, 5.41) is 8.67. The van der Waals surface area contributed by atoms with E-state index in [4.69, 9.17) is 19.2 Å². The first-order valence-electron chi connectivity index (χ1n) is 7.48. The fourth-order valence-corrected chi connectivity index (χ4v) is 3.32. The van der Waals surface area contributed by atoms with Gasteiger partial charge < -0.3 is 14.7 Å². The van der Waals surface area contributed by atoms with Crippen LogP contribution in [0.15, 0.2) is 35.2 Å². The molecule has 124 valence electrons. The Morgan fingerprint density at radius 3 is 2.61 bits per heavy atom. The van der Waals surface area contributed by atoms with Crippen LogP contribution in [0.1, 0.15) is 20.6 Å². The van der Waals surface area contributed by atoms with Gasteiger partial charge in [0.25, 0.3) is 0 Å². The van der Waals surface area contributed by atoms with Crippen LogP contribution in [0.4, 0.5) is 4.79 Å². The molecule has 0 aliphatic rings. The number of hydrogen-bond donors (Lipinski definition) is 1. The number of hydrogen-bond acceptors (Lipinski definition) is 5. The van der Waals surface area contributed by atoms with Gasteiger partial charge in [0.15, 0.2) is 9.84 Å². The fourth-order valence-electron chi connectivity index (χ4n) is 1.84. The van der Waals surface area contributed by atoms with Gasteiger partial charge in [-0.05, 0) is 32.0 Å². The zero-order valence-electron chi connectivity index (χ0n) is 13.4. The zero-order valence-corrected chi connectivity index (χ0v) is 13.2. The van der Waals surface area contributed by atoms with E-state index in [1.807, 2.05) is 0 Å². The van der Waals surface area contributed by atoms with Crippen LogP contribution in [0.5, 0.6) is 0 Å². The Hall–Kier alpha value is -2.03. The highest BCUT2D eigenvalue weighted by Gasteiger charge is 2.24. The standard InChI is InChI=1S/C14H18BNO6S/c1-16(15)14(19)22-11(6-5-9-13(17)18)10-23(20,21)12-7-3-2-4-8-12/h2-4,7-8,11H,5-6,9-10H2,1H3,(H,17,18)/i1D. The molecule has 7 nitrogen and oxygen atoms in total. The molecule has 1 aromatic rings. The van der Waals surface area contributed by atoms with Crippen LogP contribution in [0.25, 0.3) is 0 Å². The summed E-state index contributed by atoms with van der Waals surface area (Å²) in [6.07, 6.45) is -2.07. The third-order valence-electron chi connectivity index (χ3n) is 2.93. The van der Waals surface area contributed by atoms with E-state index in [1.165, 1.54) is 12.1 Å². The quantitative estimate of drug-likeness (QED) is 0.715. The van der Waals surface area contributed by atoms with Crippen LogP contribution >= 0.6 is 0 Å². The maximum atomic E-state index is 12.4. The molecule has 2 radical (unpaired) electrons. The first-order valence-corrected chi connectivity index (χ1v) is 8.43. The Kier molecular flexibility index (Phi) is 6.45. The molecule has 1 N–H and O–H groups in total. The molecule has 1 unspecified atom stereocenters. The first kappa shape index (κ1) is 17.3. The number of sulfone groups is 1. The van der Waals surface area contributed by atoms with Crippen molar-refractivity contribution in [2.24, 2.45) is 0 Å². The van der Waals surface area contributed by atoms with E-state index >= 15 is 0 Å². The van der Waals surface area contributed by atoms with Crippen molar-refractivity contribution in [2.75, 3.05) is 12.8 Å². The summed E-state index contributed by atoms with van der Waals surface area (Å²) in [6.45, 7) is 0. The summed E-state index contributed by atoms with van der Waals surface area (Å²) in [6, 6.07) is 7.65. The van der Waals surface area contributed by atoms with Crippen molar-refractivity contribution in [1.82, 2.24) is 4.81 Å². The van der Waals surface area contributed by atoms with Crippen molar-refractivity contribution in [2.45, 2.75) is 30.3 Å². The second-order valence-electron chi connectivity index (χ2n) is 4.86. The normalized spacial score (nSPS) is 13.0. The molecule has 0 aromatic heterocycles. The lowest BCUT2D eigenvalue weighted by Crippen LogP contribution is -2.33. The summed E-state index contributed by atoms with van der Waals surface area (Å²) in [4.78, 5) is 22.8. The van der Waals surface area contributed by atoms with E-state index in [2.05, 4.69) is 0 Å². The number of carboxylic acid groups (broad SMARTS) is 1. The third-order valence-corrected chi connectivity index (χ3v) is 4.73. The van der Waals surface area contributed by atoms with Gasteiger partial charge >= 0.3 is 12.1 Å². The number of amides is 1. The van der Waals surface area contributed by atoms with Crippen molar-refractivity contribution in [1.29, 1.82) is 0 Å². The minimum Gasteiger partial charge on any atom is -0.481 e. The summed E-state index contributed by atoms with van der Waals surface area (Å²) in [5.41, 5.74) is 0. The smallest absolute Gasteiger partial charge is 0.396 e. The minimum atomic E-state index is -3.72. The number of carbonyl (C=O) groups excluding carboxylic acids is 1. The largest absolute Gasteiger partial charge is 0.481 e. The highest BCUT2D eigenvalue weighted by molar-refractivity contribution is 7.91. The second-order valence-corrected chi connectivity index (χ2v) is 6.89. The fraction of sp³-hybridized carbons (Fsp3) is 0.429. The maximum absolute atomic E-state index is 12.4. The SMILES string of the molecule is [2H]CN([B])C(=O)OC(CCCC(=O)O)CS(=O)(=O)c1ccccc1. The number of aliphatic carboxylic acids is 1. The average Bonchev–Trinajstić information content (AvgIpc) is 2.54. The summed E-state index contributed by atoms with van der Waals surface area (Å²) in [5.74, 6) is -1.52. The molecule has 9 heteroatoms. The maximum Gasteiger partial charge on any atom is 0.396 e. The zero-order chi connectivity index (χ0) is 18.2. The lowest BCUT2D eigenvalue weighted by atomic mass is 10.2. The van der Waals surface area contributed by atoms with Gasteiger partial charge in [-0.2, -0.15) is 0 Å². The number of rotatable bonds is 8.